The lowest BCUT2D eigenvalue weighted by Gasteiger charge is -2.14. The number of nitrogens with zero attached hydrogens (tertiary/aromatic N) is 2. The zero-order valence-corrected chi connectivity index (χ0v) is 16.2. The fraction of sp³-hybridized carbons (Fsp3) is 0.0833. The number of rotatable bonds is 4. The molecule has 3 aromatic carbocycles. The Kier molecular flexibility index (Phi) is 4.87. The smallest absolute Gasteiger partial charge is 0.265 e. The number of hydrogen-bond acceptors (Lipinski definition) is 4. The molecule has 0 saturated carbocycles. The number of aromatic nitrogens is 1. The minimum absolute atomic E-state index is 0.167. The third-order valence-electron chi connectivity index (χ3n) is 4.86. The van der Waals surface area contributed by atoms with Crippen molar-refractivity contribution in [2.75, 3.05) is 7.11 Å². The quantitative estimate of drug-likeness (QED) is 0.516. The van der Waals surface area contributed by atoms with Crippen molar-refractivity contribution in [1.29, 1.82) is 0 Å². The number of ether oxygens (including phenoxy) is 1. The molecule has 144 valence electrons. The standard InChI is InChI=1S/C24H20N2O3/c1-16-8-3-6-13-22(16)25-15-21-19-11-4-5-12-20(19)23(27)26(24(21)28)17-9-7-10-18(14-17)29-2/h3-15,28H,1-2H3. The molecule has 1 N–H and O–H groups in total. The molecule has 0 amide bonds. The van der Waals surface area contributed by atoms with Gasteiger partial charge in [-0.3, -0.25) is 9.79 Å². The van der Waals surface area contributed by atoms with E-state index in [1.165, 1.54) is 4.57 Å². The third kappa shape index (κ3) is 3.38. The van der Waals surface area contributed by atoms with Gasteiger partial charge in [0.15, 0.2) is 0 Å². The van der Waals surface area contributed by atoms with Gasteiger partial charge in [0.25, 0.3) is 5.56 Å². The van der Waals surface area contributed by atoms with Crippen molar-refractivity contribution in [2.45, 2.75) is 6.92 Å². The maximum absolute atomic E-state index is 13.1. The van der Waals surface area contributed by atoms with Crippen molar-refractivity contribution in [3.05, 3.63) is 94.3 Å². The van der Waals surface area contributed by atoms with Gasteiger partial charge >= 0.3 is 0 Å². The highest BCUT2D eigenvalue weighted by Gasteiger charge is 2.16. The number of hydrogen-bond donors (Lipinski definition) is 1. The summed E-state index contributed by atoms with van der Waals surface area (Å²) in [5, 5.41) is 12.2. The highest BCUT2D eigenvalue weighted by molar-refractivity contribution is 6.02. The van der Waals surface area contributed by atoms with Crippen LogP contribution < -0.4 is 10.3 Å². The first kappa shape index (κ1) is 18.5. The Hall–Kier alpha value is -3.86. The summed E-state index contributed by atoms with van der Waals surface area (Å²) >= 11 is 0. The van der Waals surface area contributed by atoms with Gasteiger partial charge in [0.05, 0.1) is 24.0 Å². The lowest BCUT2D eigenvalue weighted by atomic mass is 10.1. The zero-order chi connectivity index (χ0) is 20.4. The highest BCUT2D eigenvalue weighted by Crippen LogP contribution is 2.28. The van der Waals surface area contributed by atoms with Crippen molar-refractivity contribution < 1.29 is 9.84 Å². The summed E-state index contributed by atoms with van der Waals surface area (Å²) in [6.07, 6.45) is 1.61. The number of fused-ring (bicyclic) bond motifs is 1. The van der Waals surface area contributed by atoms with Gasteiger partial charge in [-0.25, -0.2) is 4.57 Å². The molecule has 0 unspecified atom stereocenters. The van der Waals surface area contributed by atoms with E-state index in [-0.39, 0.29) is 11.4 Å². The predicted molar refractivity (Wildman–Crippen MR) is 116 cm³/mol. The Bertz CT molecular complexity index is 1290. The lowest BCUT2D eigenvalue weighted by molar-refractivity contribution is 0.413. The van der Waals surface area contributed by atoms with Crippen LogP contribution in [0.15, 0.2) is 82.6 Å². The van der Waals surface area contributed by atoms with Gasteiger partial charge in [-0.1, -0.05) is 42.5 Å². The fourth-order valence-corrected chi connectivity index (χ4v) is 3.32. The van der Waals surface area contributed by atoms with Crippen LogP contribution in [0.25, 0.3) is 16.5 Å². The van der Waals surface area contributed by atoms with Crippen LogP contribution in [0.1, 0.15) is 11.1 Å². The largest absolute Gasteiger partial charge is 0.497 e. The highest BCUT2D eigenvalue weighted by atomic mass is 16.5. The second-order valence-electron chi connectivity index (χ2n) is 6.67. The molecule has 0 bridgehead atoms. The molecule has 29 heavy (non-hydrogen) atoms. The second-order valence-corrected chi connectivity index (χ2v) is 6.67. The molecule has 4 rings (SSSR count). The van der Waals surface area contributed by atoms with E-state index in [0.717, 1.165) is 11.3 Å². The molecule has 1 heterocycles. The average molecular weight is 384 g/mol. The molecule has 0 aliphatic carbocycles. The van der Waals surface area contributed by atoms with E-state index in [1.54, 1.807) is 49.7 Å². The monoisotopic (exact) mass is 384 g/mol. The summed E-state index contributed by atoms with van der Waals surface area (Å²) < 4.78 is 6.55. The van der Waals surface area contributed by atoms with E-state index in [1.807, 2.05) is 43.3 Å². The lowest BCUT2D eigenvalue weighted by Crippen LogP contribution is -2.20. The van der Waals surface area contributed by atoms with Crippen molar-refractivity contribution >= 4 is 22.7 Å². The molecular formula is C24H20N2O3. The van der Waals surface area contributed by atoms with Gasteiger partial charge in [-0.05, 0) is 36.8 Å². The zero-order valence-electron chi connectivity index (χ0n) is 16.2. The molecule has 0 atom stereocenters. The molecule has 0 aliphatic rings. The van der Waals surface area contributed by atoms with E-state index < -0.39 is 0 Å². The second kappa shape index (κ2) is 7.64. The number of aromatic hydroxyl groups is 1. The summed E-state index contributed by atoms with van der Waals surface area (Å²) in [7, 11) is 1.56. The minimum atomic E-state index is -0.306. The van der Waals surface area contributed by atoms with E-state index in [4.69, 9.17) is 4.74 Å². The SMILES string of the molecule is COc1cccc(-n2c(O)c(C=Nc3ccccc3C)c3ccccc3c2=O)c1. The molecule has 0 radical (unpaired) electrons. The van der Waals surface area contributed by atoms with Crippen molar-refractivity contribution in [1.82, 2.24) is 4.57 Å². The number of benzene rings is 3. The van der Waals surface area contributed by atoms with Crippen LogP contribution in [0.3, 0.4) is 0 Å². The molecule has 0 saturated heterocycles. The number of pyridine rings is 1. The van der Waals surface area contributed by atoms with Crippen LogP contribution in [0.4, 0.5) is 5.69 Å². The summed E-state index contributed by atoms with van der Waals surface area (Å²) in [5.41, 5.74) is 2.51. The number of aliphatic imine (C=N–C) groups is 1. The maximum Gasteiger partial charge on any atom is 0.265 e. The number of para-hydroxylation sites is 1. The molecule has 1 aromatic heterocycles. The predicted octanol–water partition coefficient (Wildman–Crippen LogP) is 4.76. The van der Waals surface area contributed by atoms with E-state index in [0.29, 0.717) is 27.8 Å². The van der Waals surface area contributed by atoms with Gasteiger partial charge in [-0.2, -0.15) is 0 Å². The molecular weight excluding hydrogens is 364 g/mol. The summed E-state index contributed by atoms with van der Waals surface area (Å²) in [6.45, 7) is 1.97. The van der Waals surface area contributed by atoms with Crippen LogP contribution in [-0.4, -0.2) is 23.0 Å². The van der Waals surface area contributed by atoms with Crippen LogP contribution in [-0.2, 0) is 0 Å². The molecule has 4 aromatic rings. The number of methoxy groups -OCH3 is 1. The molecule has 0 fully saturated rings. The van der Waals surface area contributed by atoms with E-state index in [9.17, 15) is 9.90 Å². The normalized spacial score (nSPS) is 11.2. The fourth-order valence-electron chi connectivity index (χ4n) is 3.32. The van der Waals surface area contributed by atoms with Gasteiger partial charge in [0.1, 0.15) is 5.75 Å². The molecule has 5 heteroatoms. The Labute approximate surface area is 168 Å². The van der Waals surface area contributed by atoms with Gasteiger partial charge in [-0.15, -0.1) is 0 Å². The summed E-state index contributed by atoms with van der Waals surface area (Å²) in [6, 6.07) is 22.0. The summed E-state index contributed by atoms with van der Waals surface area (Å²) in [4.78, 5) is 17.7. The minimum Gasteiger partial charge on any atom is -0.497 e. The maximum atomic E-state index is 13.1. The van der Waals surface area contributed by atoms with Crippen LogP contribution in [0.5, 0.6) is 11.6 Å². The van der Waals surface area contributed by atoms with E-state index >= 15 is 0 Å². The van der Waals surface area contributed by atoms with Crippen molar-refractivity contribution in [3.8, 4) is 17.3 Å². The topological polar surface area (TPSA) is 63.8 Å². The molecule has 5 nitrogen and oxygen atoms in total. The molecule has 0 aliphatic heterocycles. The van der Waals surface area contributed by atoms with Crippen molar-refractivity contribution in [2.24, 2.45) is 4.99 Å². The number of aryl methyl sites for hydroxylation is 1. The Balaban J connectivity index is 1.99. The van der Waals surface area contributed by atoms with Crippen LogP contribution >= 0.6 is 0 Å². The van der Waals surface area contributed by atoms with Gasteiger partial charge < -0.3 is 9.84 Å². The van der Waals surface area contributed by atoms with Gasteiger partial charge in [0.2, 0.25) is 5.88 Å². The first-order valence-electron chi connectivity index (χ1n) is 9.21. The molecule has 0 spiro atoms. The van der Waals surface area contributed by atoms with Crippen molar-refractivity contribution in [3.63, 3.8) is 0 Å². The Morgan fingerprint density at radius 2 is 1.69 bits per heavy atom. The van der Waals surface area contributed by atoms with Crippen LogP contribution in [0, 0.1) is 6.92 Å². The Morgan fingerprint density at radius 3 is 2.45 bits per heavy atom. The summed E-state index contributed by atoms with van der Waals surface area (Å²) in [5.74, 6) is 0.427. The Morgan fingerprint density at radius 1 is 0.966 bits per heavy atom. The first-order chi connectivity index (χ1) is 14.1. The third-order valence-corrected chi connectivity index (χ3v) is 4.86. The first-order valence-corrected chi connectivity index (χ1v) is 9.21. The van der Waals surface area contributed by atoms with E-state index in [2.05, 4.69) is 4.99 Å². The van der Waals surface area contributed by atoms with Gasteiger partial charge in [0, 0.05) is 23.1 Å². The van der Waals surface area contributed by atoms with Crippen LogP contribution in [0.2, 0.25) is 0 Å². The average Bonchev–Trinajstić information content (AvgIpc) is 2.75.